The van der Waals surface area contributed by atoms with E-state index in [2.05, 4.69) is 16.0 Å². The van der Waals surface area contributed by atoms with Crippen LogP contribution in [-0.4, -0.2) is 57.3 Å². The molecule has 0 bridgehead atoms. The average molecular weight is 552 g/mol. The summed E-state index contributed by atoms with van der Waals surface area (Å²) in [7, 11) is 0.678. The first-order chi connectivity index (χ1) is 17.6. The predicted molar refractivity (Wildman–Crippen MR) is 149 cm³/mol. The first-order valence-electron chi connectivity index (χ1n) is 13.1. The molecule has 10 heteroatoms. The molecule has 4 atom stereocenters. The van der Waals surface area contributed by atoms with Crippen LogP contribution in [0.15, 0.2) is 24.3 Å². The third-order valence-corrected chi connectivity index (χ3v) is 9.87. The summed E-state index contributed by atoms with van der Waals surface area (Å²) in [4.78, 5) is 51.1. The molecule has 1 saturated heterocycles. The fourth-order valence-corrected chi connectivity index (χ4v) is 7.66. The number of rotatable bonds is 15. The largest absolute Gasteiger partial charge is 0.350 e. The van der Waals surface area contributed by atoms with Crippen LogP contribution in [0.4, 0.5) is 0 Å². The minimum atomic E-state index is -1.04. The first kappa shape index (κ1) is 31.0. The van der Waals surface area contributed by atoms with Crippen molar-refractivity contribution in [2.75, 3.05) is 12.3 Å². The monoisotopic (exact) mass is 551 g/mol. The van der Waals surface area contributed by atoms with E-state index in [-0.39, 0.29) is 29.9 Å². The summed E-state index contributed by atoms with van der Waals surface area (Å²) in [6, 6.07) is 5.71. The van der Waals surface area contributed by atoms with E-state index in [1.165, 1.54) is 10.8 Å². The van der Waals surface area contributed by atoms with Gasteiger partial charge >= 0.3 is 0 Å². The highest BCUT2D eigenvalue weighted by Crippen LogP contribution is 2.29. The van der Waals surface area contributed by atoms with E-state index < -0.39 is 39.5 Å². The number of carbonyl (C=O) groups excluding carboxylic acids is 4. The summed E-state index contributed by atoms with van der Waals surface area (Å²) < 4.78 is 11.9. The third-order valence-electron chi connectivity index (χ3n) is 6.20. The van der Waals surface area contributed by atoms with Gasteiger partial charge in [0.15, 0.2) is 0 Å². The molecule has 3 N–H and O–H groups in total. The van der Waals surface area contributed by atoms with Crippen molar-refractivity contribution in [3.8, 4) is 0 Å². The second-order valence-corrected chi connectivity index (χ2v) is 13.5. The standard InChI is InChI=1S/C27H41N3O5S2/c1-5-28-27(34)25(32)22(17-20-12-10-19(4)11-13-20)30-26(33)23(16-18(2)3)29-24(31)9-7-6-8-21-14-15-36-37(21)35/h10-13,18,21-23H,5-9,14-17H2,1-4H3,(H,28,34)(H,29,31)(H,30,33)/t21?,22-,23-,37?/m0/s1. The number of hydrogen-bond donors (Lipinski definition) is 3. The molecule has 206 valence electrons. The van der Waals surface area contributed by atoms with Crippen molar-refractivity contribution in [2.24, 2.45) is 5.92 Å². The van der Waals surface area contributed by atoms with Gasteiger partial charge in [0.1, 0.15) is 12.1 Å². The molecule has 1 heterocycles. The molecule has 2 unspecified atom stereocenters. The fourth-order valence-electron chi connectivity index (χ4n) is 4.17. The van der Waals surface area contributed by atoms with Gasteiger partial charge in [-0.15, -0.1) is 0 Å². The molecule has 1 aromatic carbocycles. The Balaban J connectivity index is 2.01. The number of hydrogen-bond acceptors (Lipinski definition) is 6. The Hall–Kier alpha value is -2.20. The van der Waals surface area contributed by atoms with Crippen LogP contribution in [0.2, 0.25) is 0 Å². The number of amides is 3. The minimum absolute atomic E-state index is 0.125. The molecule has 1 aliphatic rings. The van der Waals surface area contributed by atoms with Crippen LogP contribution in [0.3, 0.4) is 0 Å². The van der Waals surface area contributed by atoms with Gasteiger partial charge in [0.05, 0.1) is 9.83 Å². The molecule has 0 saturated carbocycles. The van der Waals surface area contributed by atoms with Gasteiger partial charge < -0.3 is 16.0 Å². The quantitative estimate of drug-likeness (QED) is 0.175. The van der Waals surface area contributed by atoms with Gasteiger partial charge in [-0.05, 0) is 51.0 Å². The Labute approximate surface area is 226 Å². The SMILES string of the molecule is CCNC(=O)C(=O)[C@H](Cc1ccc(C)cc1)NC(=O)[C@H](CC(C)C)NC(=O)CCCCC1CCSS1=O. The van der Waals surface area contributed by atoms with Crippen molar-refractivity contribution in [2.45, 2.75) is 90.0 Å². The van der Waals surface area contributed by atoms with Gasteiger partial charge in [0, 0.05) is 30.4 Å². The Bertz CT molecular complexity index is 952. The summed E-state index contributed by atoms with van der Waals surface area (Å²) in [5.74, 6) is -1.11. The van der Waals surface area contributed by atoms with E-state index >= 15 is 0 Å². The van der Waals surface area contributed by atoms with E-state index in [0.717, 1.165) is 36.1 Å². The van der Waals surface area contributed by atoms with Gasteiger partial charge in [-0.1, -0.05) is 60.9 Å². The predicted octanol–water partition coefficient (Wildman–Crippen LogP) is 2.99. The zero-order valence-corrected chi connectivity index (χ0v) is 24.0. The van der Waals surface area contributed by atoms with Gasteiger partial charge in [-0.25, -0.2) is 4.21 Å². The highest BCUT2D eigenvalue weighted by molar-refractivity contribution is 8.69. The molecule has 1 fully saturated rings. The highest BCUT2D eigenvalue weighted by Gasteiger charge is 2.30. The smallest absolute Gasteiger partial charge is 0.289 e. The molecule has 0 aromatic heterocycles. The second kappa shape index (κ2) is 15.9. The molecule has 0 radical (unpaired) electrons. The maximum absolute atomic E-state index is 13.2. The van der Waals surface area contributed by atoms with Crippen molar-refractivity contribution < 1.29 is 23.4 Å². The van der Waals surface area contributed by atoms with E-state index in [1.807, 2.05) is 45.0 Å². The number of Topliss-reactive ketones (excluding diaryl/α,β-unsaturated/α-hetero) is 1. The van der Waals surface area contributed by atoms with Crippen molar-refractivity contribution in [1.29, 1.82) is 0 Å². The third kappa shape index (κ3) is 11.0. The Morgan fingerprint density at radius 2 is 1.76 bits per heavy atom. The minimum Gasteiger partial charge on any atom is -0.350 e. The summed E-state index contributed by atoms with van der Waals surface area (Å²) >= 11 is 0. The maximum Gasteiger partial charge on any atom is 0.289 e. The lowest BCUT2D eigenvalue weighted by atomic mass is 9.98. The van der Waals surface area contributed by atoms with E-state index in [1.54, 1.807) is 6.92 Å². The van der Waals surface area contributed by atoms with Crippen LogP contribution < -0.4 is 16.0 Å². The molecule has 37 heavy (non-hydrogen) atoms. The average Bonchev–Trinajstić information content (AvgIpc) is 3.26. The normalized spacial score (nSPS) is 18.7. The molecular weight excluding hydrogens is 510 g/mol. The fraction of sp³-hybridized carbons (Fsp3) is 0.630. The summed E-state index contributed by atoms with van der Waals surface area (Å²) in [6.07, 6.45) is 4.12. The maximum atomic E-state index is 13.2. The molecule has 3 amide bonds. The molecule has 0 aliphatic carbocycles. The van der Waals surface area contributed by atoms with Crippen molar-refractivity contribution in [3.63, 3.8) is 0 Å². The lowest BCUT2D eigenvalue weighted by Crippen LogP contribution is -2.54. The van der Waals surface area contributed by atoms with Crippen LogP contribution in [0.25, 0.3) is 0 Å². The molecule has 0 spiro atoms. The van der Waals surface area contributed by atoms with Crippen molar-refractivity contribution >= 4 is 44.1 Å². The lowest BCUT2D eigenvalue weighted by molar-refractivity contribution is -0.140. The zero-order chi connectivity index (χ0) is 27.4. The van der Waals surface area contributed by atoms with Crippen LogP contribution >= 0.6 is 10.8 Å². The summed E-state index contributed by atoms with van der Waals surface area (Å²) in [5.41, 5.74) is 1.88. The number of benzene rings is 1. The lowest BCUT2D eigenvalue weighted by Gasteiger charge is -2.24. The van der Waals surface area contributed by atoms with Crippen molar-refractivity contribution in [1.82, 2.24) is 16.0 Å². The molecule has 8 nitrogen and oxygen atoms in total. The number of nitrogens with one attached hydrogen (secondary N) is 3. The topological polar surface area (TPSA) is 121 Å². The van der Waals surface area contributed by atoms with Crippen LogP contribution in [-0.2, 0) is 35.4 Å². The summed E-state index contributed by atoms with van der Waals surface area (Å²) in [5, 5.41) is 8.29. The Morgan fingerprint density at radius 1 is 1.05 bits per heavy atom. The van der Waals surface area contributed by atoms with Crippen LogP contribution in [0, 0.1) is 12.8 Å². The van der Waals surface area contributed by atoms with E-state index in [0.29, 0.717) is 19.4 Å². The Morgan fingerprint density at radius 3 is 2.35 bits per heavy atom. The molecule has 1 aromatic rings. The first-order valence-corrected chi connectivity index (χ1v) is 15.8. The number of carbonyl (C=O) groups is 4. The van der Waals surface area contributed by atoms with E-state index in [4.69, 9.17) is 0 Å². The molecule has 1 aliphatic heterocycles. The summed E-state index contributed by atoms with van der Waals surface area (Å²) in [6.45, 7) is 7.89. The highest BCUT2D eigenvalue weighted by atomic mass is 33.1. The number of ketones is 1. The molecule has 2 rings (SSSR count). The second-order valence-electron chi connectivity index (χ2n) is 9.96. The van der Waals surface area contributed by atoms with Gasteiger partial charge in [0.25, 0.3) is 5.91 Å². The van der Waals surface area contributed by atoms with E-state index in [9.17, 15) is 23.4 Å². The van der Waals surface area contributed by atoms with Crippen LogP contribution in [0.1, 0.15) is 70.4 Å². The Kier molecular flexibility index (Phi) is 13.3. The number of unbranched alkanes of at least 4 members (excludes halogenated alkanes) is 1. The van der Waals surface area contributed by atoms with Gasteiger partial charge in [-0.3, -0.25) is 19.2 Å². The van der Waals surface area contributed by atoms with Gasteiger partial charge in [-0.2, -0.15) is 0 Å². The number of likely N-dealkylation sites (N-methyl/N-ethyl adjacent to an activating group) is 1. The van der Waals surface area contributed by atoms with Gasteiger partial charge in [0.2, 0.25) is 17.6 Å². The molecular formula is C27H41N3O5S2. The number of aryl methyl sites for hydroxylation is 1. The van der Waals surface area contributed by atoms with Crippen molar-refractivity contribution in [3.05, 3.63) is 35.4 Å². The zero-order valence-electron chi connectivity index (χ0n) is 22.3. The van der Waals surface area contributed by atoms with Crippen LogP contribution in [0.5, 0.6) is 0 Å².